The SMILES string of the molecule is NC(=O)Nc1ccc(OC(F)F)nc1. The summed E-state index contributed by atoms with van der Waals surface area (Å²) >= 11 is 0. The number of primary amides is 1. The van der Waals surface area contributed by atoms with Crippen molar-refractivity contribution < 1.29 is 18.3 Å². The molecule has 2 amide bonds. The predicted octanol–water partition coefficient (Wildman–Crippen LogP) is 1.17. The van der Waals surface area contributed by atoms with Gasteiger partial charge in [0.25, 0.3) is 0 Å². The molecule has 0 saturated heterocycles. The van der Waals surface area contributed by atoms with Crippen LogP contribution in [0.4, 0.5) is 19.3 Å². The number of pyridine rings is 1. The molecule has 3 N–H and O–H groups in total. The molecule has 0 fully saturated rings. The Morgan fingerprint density at radius 2 is 2.29 bits per heavy atom. The van der Waals surface area contributed by atoms with Crippen LogP contribution in [0.3, 0.4) is 0 Å². The van der Waals surface area contributed by atoms with Crippen LogP contribution < -0.4 is 15.8 Å². The standard InChI is InChI=1S/C7H7F2N3O2/c8-6(9)14-5-2-1-4(3-11-5)12-7(10)13/h1-3,6H,(H3,10,12,13). The highest BCUT2D eigenvalue weighted by Crippen LogP contribution is 2.13. The summed E-state index contributed by atoms with van der Waals surface area (Å²) in [5.41, 5.74) is 5.12. The third-order valence-corrected chi connectivity index (χ3v) is 1.21. The maximum absolute atomic E-state index is 11.7. The average Bonchev–Trinajstić information content (AvgIpc) is 2.06. The highest BCUT2D eigenvalue weighted by molar-refractivity contribution is 5.87. The zero-order valence-corrected chi connectivity index (χ0v) is 6.91. The maximum Gasteiger partial charge on any atom is 0.388 e. The maximum atomic E-state index is 11.7. The van der Waals surface area contributed by atoms with E-state index in [-0.39, 0.29) is 5.88 Å². The first-order chi connectivity index (χ1) is 6.58. The van der Waals surface area contributed by atoms with Crippen molar-refractivity contribution >= 4 is 11.7 Å². The fourth-order valence-electron chi connectivity index (χ4n) is 0.757. The molecule has 0 spiro atoms. The summed E-state index contributed by atoms with van der Waals surface area (Å²) in [4.78, 5) is 13.9. The van der Waals surface area contributed by atoms with E-state index < -0.39 is 12.6 Å². The van der Waals surface area contributed by atoms with Crippen LogP contribution in [0.2, 0.25) is 0 Å². The summed E-state index contributed by atoms with van der Waals surface area (Å²) < 4.78 is 27.3. The zero-order valence-electron chi connectivity index (χ0n) is 6.91. The number of nitrogens with one attached hydrogen (secondary N) is 1. The van der Waals surface area contributed by atoms with Gasteiger partial charge in [0.15, 0.2) is 0 Å². The Bertz CT molecular complexity index is 315. The van der Waals surface area contributed by atoms with E-state index in [1.807, 2.05) is 0 Å². The summed E-state index contributed by atoms with van der Waals surface area (Å²) in [6.45, 7) is -2.92. The van der Waals surface area contributed by atoms with Gasteiger partial charge in [-0.1, -0.05) is 0 Å². The molecular formula is C7H7F2N3O2. The highest BCUT2D eigenvalue weighted by Gasteiger charge is 2.05. The van der Waals surface area contributed by atoms with Gasteiger partial charge in [0.1, 0.15) is 0 Å². The smallest absolute Gasteiger partial charge is 0.388 e. The quantitative estimate of drug-likeness (QED) is 0.774. The molecule has 0 aliphatic rings. The molecule has 0 aromatic carbocycles. The number of aromatic nitrogens is 1. The summed E-state index contributed by atoms with van der Waals surface area (Å²) in [6.07, 6.45) is 1.16. The van der Waals surface area contributed by atoms with Gasteiger partial charge in [0.05, 0.1) is 11.9 Å². The third-order valence-electron chi connectivity index (χ3n) is 1.21. The largest absolute Gasteiger partial charge is 0.417 e. The number of ether oxygens (including phenoxy) is 1. The van der Waals surface area contributed by atoms with Crippen LogP contribution in [0, 0.1) is 0 Å². The lowest BCUT2D eigenvalue weighted by atomic mass is 10.4. The van der Waals surface area contributed by atoms with Crippen molar-refractivity contribution in [2.75, 3.05) is 5.32 Å². The highest BCUT2D eigenvalue weighted by atomic mass is 19.3. The minimum absolute atomic E-state index is 0.227. The predicted molar refractivity (Wildman–Crippen MR) is 44.1 cm³/mol. The van der Waals surface area contributed by atoms with Gasteiger partial charge in [-0.25, -0.2) is 9.78 Å². The monoisotopic (exact) mass is 203 g/mol. The van der Waals surface area contributed by atoms with E-state index in [4.69, 9.17) is 5.73 Å². The summed E-state index contributed by atoms with van der Waals surface area (Å²) in [6, 6.07) is 1.78. The minimum Gasteiger partial charge on any atom is -0.417 e. The van der Waals surface area contributed by atoms with Crippen LogP contribution in [0.5, 0.6) is 5.88 Å². The number of nitrogens with zero attached hydrogens (tertiary/aromatic N) is 1. The summed E-state index contributed by atoms with van der Waals surface area (Å²) in [5, 5.41) is 2.22. The molecule has 7 heteroatoms. The van der Waals surface area contributed by atoms with Crippen molar-refractivity contribution in [2.24, 2.45) is 5.73 Å². The summed E-state index contributed by atoms with van der Waals surface area (Å²) in [7, 11) is 0. The van der Waals surface area contributed by atoms with Crippen LogP contribution in [0.1, 0.15) is 0 Å². The van der Waals surface area contributed by atoms with Crippen molar-refractivity contribution in [2.45, 2.75) is 6.61 Å². The molecule has 0 atom stereocenters. The first kappa shape index (κ1) is 10.2. The molecule has 14 heavy (non-hydrogen) atoms. The van der Waals surface area contributed by atoms with Gasteiger partial charge in [-0.15, -0.1) is 0 Å². The number of alkyl halides is 2. The molecule has 0 radical (unpaired) electrons. The fourth-order valence-corrected chi connectivity index (χ4v) is 0.757. The molecule has 1 heterocycles. The van der Waals surface area contributed by atoms with Crippen molar-refractivity contribution in [3.63, 3.8) is 0 Å². The number of rotatable bonds is 3. The van der Waals surface area contributed by atoms with Crippen LogP contribution in [0.25, 0.3) is 0 Å². The Hall–Kier alpha value is -1.92. The van der Waals surface area contributed by atoms with Crippen molar-refractivity contribution in [1.82, 2.24) is 4.98 Å². The van der Waals surface area contributed by atoms with Gasteiger partial charge in [0, 0.05) is 6.07 Å². The Balaban J connectivity index is 2.63. The number of carbonyl (C=O) groups excluding carboxylic acids is 1. The van der Waals surface area contributed by atoms with Crippen molar-refractivity contribution in [1.29, 1.82) is 0 Å². The minimum atomic E-state index is -2.92. The number of anilines is 1. The van der Waals surface area contributed by atoms with Crippen LogP contribution in [0.15, 0.2) is 18.3 Å². The number of halogens is 2. The Labute approximate surface area is 77.9 Å². The molecule has 76 valence electrons. The van der Waals surface area contributed by atoms with Crippen LogP contribution in [-0.4, -0.2) is 17.6 Å². The molecule has 0 bridgehead atoms. The van der Waals surface area contributed by atoms with Crippen molar-refractivity contribution in [3.05, 3.63) is 18.3 Å². The number of urea groups is 1. The molecule has 0 saturated carbocycles. The van der Waals surface area contributed by atoms with Gasteiger partial charge in [0.2, 0.25) is 5.88 Å². The van der Waals surface area contributed by atoms with Gasteiger partial charge >= 0.3 is 12.6 Å². The molecule has 1 aromatic rings. The van der Waals surface area contributed by atoms with E-state index in [9.17, 15) is 13.6 Å². The second-order valence-electron chi connectivity index (χ2n) is 2.25. The number of hydrogen-bond donors (Lipinski definition) is 2. The molecule has 5 nitrogen and oxygen atoms in total. The first-order valence-corrected chi connectivity index (χ1v) is 3.55. The van der Waals surface area contributed by atoms with E-state index in [0.717, 1.165) is 6.20 Å². The zero-order chi connectivity index (χ0) is 10.6. The second kappa shape index (κ2) is 4.35. The van der Waals surface area contributed by atoms with Gasteiger partial charge in [-0.05, 0) is 6.07 Å². The van der Waals surface area contributed by atoms with Gasteiger partial charge < -0.3 is 15.8 Å². The molecule has 0 aliphatic heterocycles. The molecule has 0 unspecified atom stereocenters. The molecular weight excluding hydrogens is 196 g/mol. The lowest BCUT2D eigenvalue weighted by Crippen LogP contribution is -2.19. The van der Waals surface area contributed by atoms with E-state index in [1.165, 1.54) is 12.1 Å². The van der Waals surface area contributed by atoms with Gasteiger partial charge in [-0.2, -0.15) is 8.78 Å². The van der Waals surface area contributed by atoms with Crippen molar-refractivity contribution in [3.8, 4) is 5.88 Å². The molecule has 0 aliphatic carbocycles. The molecule has 1 aromatic heterocycles. The number of nitrogens with two attached hydrogens (primary N) is 1. The lowest BCUT2D eigenvalue weighted by molar-refractivity contribution is -0.0528. The average molecular weight is 203 g/mol. The normalized spacial score (nSPS) is 9.93. The van der Waals surface area contributed by atoms with E-state index >= 15 is 0 Å². The Morgan fingerprint density at radius 1 is 1.57 bits per heavy atom. The van der Waals surface area contributed by atoms with E-state index in [0.29, 0.717) is 5.69 Å². The second-order valence-corrected chi connectivity index (χ2v) is 2.25. The first-order valence-electron chi connectivity index (χ1n) is 3.55. The Morgan fingerprint density at radius 3 is 2.71 bits per heavy atom. The number of hydrogen-bond acceptors (Lipinski definition) is 3. The molecule has 1 rings (SSSR count). The van der Waals surface area contributed by atoms with Crippen LogP contribution in [-0.2, 0) is 0 Å². The van der Waals surface area contributed by atoms with Crippen LogP contribution >= 0.6 is 0 Å². The fraction of sp³-hybridized carbons (Fsp3) is 0.143. The number of amides is 2. The third kappa shape index (κ3) is 3.21. The number of carbonyl (C=O) groups is 1. The summed E-state index contributed by atoms with van der Waals surface area (Å²) in [5.74, 6) is -0.227. The topological polar surface area (TPSA) is 77.2 Å². The van der Waals surface area contributed by atoms with E-state index in [1.54, 1.807) is 0 Å². The Kier molecular flexibility index (Phi) is 3.16. The van der Waals surface area contributed by atoms with E-state index in [2.05, 4.69) is 15.0 Å². The van der Waals surface area contributed by atoms with Gasteiger partial charge in [-0.3, -0.25) is 0 Å². The lowest BCUT2D eigenvalue weighted by Gasteiger charge is -2.04.